The van der Waals surface area contributed by atoms with E-state index in [9.17, 15) is 0 Å². The SMILES string of the molecule is Cc1ccc(-n2nnnc2-c2cccc(C)c2N)cc1Br. The van der Waals surface area contributed by atoms with Crippen molar-refractivity contribution in [3.63, 3.8) is 0 Å². The van der Waals surface area contributed by atoms with Crippen LogP contribution in [0.5, 0.6) is 0 Å². The molecule has 21 heavy (non-hydrogen) atoms. The van der Waals surface area contributed by atoms with Crippen LogP contribution in [0.4, 0.5) is 5.69 Å². The Morgan fingerprint density at radius 2 is 1.90 bits per heavy atom. The van der Waals surface area contributed by atoms with Gasteiger partial charge in [-0.15, -0.1) is 5.10 Å². The summed E-state index contributed by atoms with van der Waals surface area (Å²) in [7, 11) is 0. The number of aromatic nitrogens is 4. The Kier molecular flexibility index (Phi) is 3.47. The van der Waals surface area contributed by atoms with Crippen molar-refractivity contribution >= 4 is 21.6 Å². The summed E-state index contributed by atoms with van der Waals surface area (Å²) in [6.45, 7) is 4.00. The monoisotopic (exact) mass is 343 g/mol. The highest BCUT2D eigenvalue weighted by Crippen LogP contribution is 2.28. The first-order valence-electron chi connectivity index (χ1n) is 6.48. The molecule has 0 aliphatic heterocycles. The summed E-state index contributed by atoms with van der Waals surface area (Å²) >= 11 is 3.53. The zero-order valence-corrected chi connectivity index (χ0v) is 13.3. The van der Waals surface area contributed by atoms with Crippen molar-refractivity contribution in [2.24, 2.45) is 0 Å². The first kappa shape index (κ1) is 13.8. The number of rotatable bonds is 2. The van der Waals surface area contributed by atoms with E-state index in [1.807, 2.05) is 50.2 Å². The Labute approximate surface area is 130 Å². The Balaban J connectivity index is 2.17. The van der Waals surface area contributed by atoms with Gasteiger partial charge in [-0.2, -0.15) is 4.68 Å². The van der Waals surface area contributed by atoms with Crippen molar-refractivity contribution in [3.8, 4) is 17.1 Å². The van der Waals surface area contributed by atoms with Gasteiger partial charge in [0.15, 0.2) is 5.82 Å². The molecule has 0 fully saturated rings. The van der Waals surface area contributed by atoms with E-state index in [4.69, 9.17) is 5.73 Å². The van der Waals surface area contributed by atoms with E-state index in [0.717, 1.165) is 26.9 Å². The molecule has 2 aromatic carbocycles. The molecule has 0 radical (unpaired) electrons. The van der Waals surface area contributed by atoms with Gasteiger partial charge in [0.05, 0.1) is 5.69 Å². The van der Waals surface area contributed by atoms with E-state index in [0.29, 0.717) is 11.5 Å². The molecule has 1 aromatic heterocycles. The van der Waals surface area contributed by atoms with Gasteiger partial charge in [-0.1, -0.05) is 34.1 Å². The molecular formula is C15H14BrN5. The standard InChI is InChI=1S/C15H14BrN5/c1-9-6-7-11(8-13(9)16)21-15(18-19-20-21)12-5-3-4-10(2)14(12)17/h3-8H,17H2,1-2H3. The Morgan fingerprint density at radius 1 is 1.10 bits per heavy atom. The molecule has 0 bridgehead atoms. The summed E-state index contributed by atoms with van der Waals surface area (Å²) in [5.41, 5.74) is 10.7. The zero-order valence-electron chi connectivity index (χ0n) is 11.7. The molecule has 0 spiro atoms. The fraction of sp³-hybridized carbons (Fsp3) is 0.133. The van der Waals surface area contributed by atoms with Crippen LogP contribution in [-0.2, 0) is 0 Å². The van der Waals surface area contributed by atoms with Gasteiger partial charge in [-0.05, 0) is 53.6 Å². The van der Waals surface area contributed by atoms with Crippen LogP contribution < -0.4 is 5.73 Å². The summed E-state index contributed by atoms with van der Waals surface area (Å²) in [4.78, 5) is 0. The summed E-state index contributed by atoms with van der Waals surface area (Å²) in [5.74, 6) is 0.631. The molecular weight excluding hydrogens is 330 g/mol. The zero-order chi connectivity index (χ0) is 15.0. The van der Waals surface area contributed by atoms with Crippen LogP contribution in [0.15, 0.2) is 40.9 Å². The fourth-order valence-corrected chi connectivity index (χ4v) is 2.48. The molecule has 0 saturated heterocycles. The molecule has 0 atom stereocenters. The molecule has 5 nitrogen and oxygen atoms in total. The van der Waals surface area contributed by atoms with E-state index < -0.39 is 0 Å². The topological polar surface area (TPSA) is 69.6 Å². The van der Waals surface area contributed by atoms with Gasteiger partial charge in [0, 0.05) is 15.7 Å². The molecule has 0 amide bonds. The number of aryl methyl sites for hydroxylation is 2. The third-order valence-corrected chi connectivity index (χ3v) is 4.29. The second-order valence-corrected chi connectivity index (χ2v) is 5.74. The highest BCUT2D eigenvalue weighted by atomic mass is 79.9. The van der Waals surface area contributed by atoms with Crippen LogP contribution in [0.2, 0.25) is 0 Å². The molecule has 3 aromatic rings. The van der Waals surface area contributed by atoms with Gasteiger partial charge in [-0.3, -0.25) is 0 Å². The van der Waals surface area contributed by atoms with Gasteiger partial charge in [0.25, 0.3) is 0 Å². The minimum atomic E-state index is 0.631. The first-order chi connectivity index (χ1) is 10.1. The number of tetrazole rings is 1. The van der Waals surface area contributed by atoms with Crippen LogP contribution in [0, 0.1) is 13.8 Å². The minimum Gasteiger partial charge on any atom is -0.398 e. The van der Waals surface area contributed by atoms with Gasteiger partial charge in [0.2, 0.25) is 0 Å². The van der Waals surface area contributed by atoms with Gasteiger partial charge in [-0.25, -0.2) is 0 Å². The van der Waals surface area contributed by atoms with Gasteiger partial charge in [0.1, 0.15) is 0 Å². The smallest absolute Gasteiger partial charge is 0.189 e. The number of benzene rings is 2. The Hall–Kier alpha value is -2.21. The first-order valence-corrected chi connectivity index (χ1v) is 7.27. The van der Waals surface area contributed by atoms with Crippen LogP contribution in [-0.4, -0.2) is 20.2 Å². The lowest BCUT2D eigenvalue weighted by atomic mass is 10.1. The number of nitrogens with zero attached hydrogens (tertiary/aromatic N) is 4. The number of hydrogen-bond donors (Lipinski definition) is 1. The highest BCUT2D eigenvalue weighted by molar-refractivity contribution is 9.10. The number of para-hydroxylation sites is 1. The van der Waals surface area contributed by atoms with Crippen LogP contribution in [0.25, 0.3) is 17.1 Å². The molecule has 0 aliphatic rings. The molecule has 3 rings (SSSR count). The maximum atomic E-state index is 6.16. The highest BCUT2D eigenvalue weighted by Gasteiger charge is 2.14. The summed E-state index contributed by atoms with van der Waals surface area (Å²) in [6.07, 6.45) is 0. The molecule has 2 N–H and O–H groups in total. The fourth-order valence-electron chi connectivity index (χ4n) is 2.12. The van der Waals surface area contributed by atoms with Crippen molar-refractivity contribution in [1.82, 2.24) is 20.2 Å². The maximum absolute atomic E-state index is 6.16. The summed E-state index contributed by atoms with van der Waals surface area (Å²) in [6, 6.07) is 11.8. The summed E-state index contributed by atoms with van der Waals surface area (Å²) in [5, 5.41) is 12.0. The van der Waals surface area contributed by atoms with Crippen molar-refractivity contribution in [3.05, 3.63) is 52.0 Å². The van der Waals surface area contributed by atoms with Crippen molar-refractivity contribution in [2.45, 2.75) is 13.8 Å². The molecule has 0 saturated carbocycles. The largest absolute Gasteiger partial charge is 0.398 e. The number of nitrogens with two attached hydrogens (primary N) is 1. The van der Waals surface area contributed by atoms with Crippen LogP contribution >= 0.6 is 15.9 Å². The third-order valence-electron chi connectivity index (χ3n) is 3.43. The van der Waals surface area contributed by atoms with Crippen molar-refractivity contribution in [1.29, 1.82) is 0 Å². The average Bonchev–Trinajstić information content (AvgIpc) is 2.94. The predicted molar refractivity (Wildman–Crippen MR) is 86.2 cm³/mol. The minimum absolute atomic E-state index is 0.631. The van der Waals surface area contributed by atoms with E-state index in [-0.39, 0.29) is 0 Å². The second kappa shape index (κ2) is 5.29. The molecule has 6 heteroatoms. The Morgan fingerprint density at radius 3 is 2.67 bits per heavy atom. The number of halogens is 1. The van der Waals surface area contributed by atoms with Gasteiger partial charge < -0.3 is 5.73 Å². The lowest BCUT2D eigenvalue weighted by Crippen LogP contribution is -2.02. The molecule has 0 unspecified atom stereocenters. The van der Waals surface area contributed by atoms with E-state index >= 15 is 0 Å². The molecule has 1 heterocycles. The molecule has 106 valence electrons. The predicted octanol–water partition coefficient (Wildman–Crippen LogP) is 3.29. The maximum Gasteiger partial charge on any atom is 0.189 e. The van der Waals surface area contributed by atoms with Crippen molar-refractivity contribution < 1.29 is 0 Å². The quantitative estimate of drug-likeness (QED) is 0.725. The van der Waals surface area contributed by atoms with E-state index in [1.54, 1.807) is 4.68 Å². The normalized spacial score (nSPS) is 10.8. The van der Waals surface area contributed by atoms with E-state index in [2.05, 4.69) is 31.5 Å². The molecule has 0 aliphatic carbocycles. The Bertz CT molecular complexity index is 810. The lowest BCUT2D eigenvalue weighted by molar-refractivity contribution is 0.790. The average molecular weight is 344 g/mol. The third kappa shape index (κ3) is 2.42. The van der Waals surface area contributed by atoms with Crippen LogP contribution in [0.3, 0.4) is 0 Å². The van der Waals surface area contributed by atoms with Gasteiger partial charge >= 0.3 is 0 Å². The van der Waals surface area contributed by atoms with E-state index in [1.165, 1.54) is 0 Å². The number of anilines is 1. The second-order valence-electron chi connectivity index (χ2n) is 4.88. The lowest BCUT2D eigenvalue weighted by Gasteiger charge is -2.09. The summed E-state index contributed by atoms with van der Waals surface area (Å²) < 4.78 is 2.70. The van der Waals surface area contributed by atoms with Crippen LogP contribution in [0.1, 0.15) is 11.1 Å². The number of hydrogen-bond acceptors (Lipinski definition) is 4. The number of nitrogen functional groups attached to an aromatic ring is 1. The van der Waals surface area contributed by atoms with Crippen molar-refractivity contribution in [2.75, 3.05) is 5.73 Å².